The van der Waals surface area contributed by atoms with Crippen LogP contribution in [0.3, 0.4) is 0 Å². The van der Waals surface area contributed by atoms with Gasteiger partial charge in [-0.15, -0.1) is 0 Å². The summed E-state index contributed by atoms with van der Waals surface area (Å²) in [6, 6.07) is 15.9. The predicted molar refractivity (Wildman–Crippen MR) is 87.7 cm³/mol. The first kappa shape index (κ1) is 13.3. The van der Waals surface area contributed by atoms with E-state index < -0.39 is 0 Å². The van der Waals surface area contributed by atoms with Crippen molar-refractivity contribution in [1.29, 1.82) is 0 Å². The highest BCUT2D eigenvalue weighted by molar-refractivity contribution is 5.77. The largest absolute Gasteiger partial charge is 0.384 e. The molecule has 2 aromatic heterocycles. The molecule has 0 saturated heterocycles. The highest BCUT2D eigenvalue weighted by atomic mass is 14.8. The zero-order chi connectivity index (χ0) is 14.5. The Morgan fingerprint density at radius 2 is 1.81 bits per heavy atom. The average Bonchev–Trinajstić information content (AvgIpc) is 2.55. The van der Waals surface area contributed by atoms with Gasteiger partial charge in [-0.3, -0.25) is 4.98 Å². The van der Waals surface area contributed by atoms with E-state index in [0.29, 0.717) is 5.82 Å². The maximum Gasteiger partial charge on any atom is 0.123 e. The molecule has 104 valence electrons. The highest BCUT2D eigenvalue weighted by Gasteiger charge is 2.04. The van der Waals surface area contributed by atoms with Crippen LogP contribution in [0.15, 0.2) is 60.8 Å². The summed E-state index contributed by atoms with van der Waals surface area (Å²) < 4.78 is 0. The van der Waals surface area contributed by atoms with Crippen LogP contribution in [-0.4, -0.2) is 9.97 Å². The zero-order valence-corrected chi connectivity index (χ0v) is 11.7. The Morgan fingerprint density at radius 1 is 0.952 bits per heavy atom. The van der Waals surface area contributed by atoms with E-state index in [1.807, 2.05) is 42.6 Å². The number of fused-ring (bicyclic) bond motifs is 2. The number of hydrogen-bond acceptors (Lipinski definition) is 3. The first-order valence-corrected chi connectivity index (χ1v) is 7.04. The summed E-state index contributed by atoms with van der Waals surface area (Å²) in [7, 11) is 0. The van der Waals surface area contributed by atoms with Gasteiger partial charge in [0, 0.05) is 11.6 Å². The summed E-state index contributed by atoms with van der Waals surface area (Å²) >= 11 is 0. The fourth-order valence-electron chi connectivity index (χ4n) is 2.33. The summed E-state index contributed by atoms with van der Waals surface area (Å²) in [6.45, 7) is 0. The molecule has 0 saturated carbocycles. The SMILES string of the molecule is Nc1ccc2c(n1)CCC=C2.c1ccc2ncccc2c1. The molecule has 1 aliphatic carbocycles. The lowest BCUT2D eigenvalue weighted by Gasteiger charge is -2.08. The summed E-state index contributed by atoms with van der Waals surface area (Å²) in [5.41, 5.74) is 8.95. The molecule has 1 aliphatic rings. The molecule has 1 aromatic carbocycles. The Balaban J connectivity index is 0.000000126. The van der Waals surface area contributed by atoms with Crippen LogP contribution in [0.1, 0.15) is 17.7 Å². The van der Waals surface area contributed by atoms with Crippen LogP contribution in [-0.2, 0) is 6.42 Å². The number of nitrogens with zero attached hydrogens (tertiary/aromatic N) is 2. The predicted octanol–water partition coefficient (Wildman–Crippen LogP) is 3.86. The quantitative estimate of drug-likeness (QED) is 0.678. The van der Waals surface area contributed by atoms with E-state index in [1.165, 1.54) is 10.9 Å². The normalized spacial score (nSPS) is 12.4. The van der Waals surface area contributed by atoms with Crippen molar-refractivity contribution in [2.45, 2.75) is 12.8 Å². The van der Waals surface area contributed by atoms with Gasteiger partial charge in [0.15, 0.2) is 0 Å². The maximum absolute atomic E-state index is 5.55. The van der Waals surface area contributed by atoms with E-state index in [9.17, 15) is 0 Å². The second kappa shape index (κ2) is 6.18. The average molecular weight is 275 g/mol. The molecule has 0 fully saturated rings. The molecule has 2 N–H and O–H groups in total. The van der Waals surface area contributed by atoms with E-state index >= 15 is 0 Å². The van der Waals surface area contributed by atoms with Crippen molar-refractivity contribution in [3.63, 3.8) is 0 Å². The first-order chi connectivity index (χ1) is 10.3. The van der Waals surface area contributed by atoms with Crippen molar-refractivity contribution in [2.24, 2.45) is 0 Å². The van der Waals surface area contributed by atoms with Gasteiger partial charge in [0.05, 0.1) is 11.2 Å². The van der Waals surface area contributed by atoms with Crippen LogP contribution in [0.5, 0.6) is 0 Å². The Kier molecular flexibility index (Phi) is 3.92. The molecule has 0 spiro atoms. The van der Waals surface area contributed by atoms with Crippen molar-refractivity contribution >= 4 is 22.8 Å². The molecule has 3 heteroatoms. The fourth-order valence-corrected chi connectivity index (χ4v) is 2.33. The summed E-state index contributed by atoms with van der Waals surface area (Å²) in [5, 5.41) is 1.20. The number of anilines is 1. The van der Waals surface area contributed by atoms with Crippen molar-refractivity contribution in [2.75, 3.05) is 5.73 Å². The molecular weight excluding hydrogens is 258 g/mol. The summed E-state index contributed by atoms with van der Waals surface area (Å²) in [5.74, 6) is 0.624. The Morgan fingerprint density at radius 3 is 2.71 bits per heavy atom. The molecule has 2 heterocycles. The number of para-hydroxylation sites is 1. The topological polar surface area (TPSA) is 51.8 Å². The van der Waals surface area contributed by atoms with E-state index in [4.69, 9.17) is 5.73 Å². The van der Waals surface area contributed by atoms with Gasteiger partial charge in [0.2, 0.25) is 0 Å². The summed E-state index contributed by atoms with van der Waals surface area (Å²) in [6.07, 6.45) is 8.19. The lowest BCUT2D eigenvalue weighted by molar-refractivity contribution is 0.930. The van der Waals surface area contributed by atoms with Crippen LogP contribution in [0, 0.1) is 0 Å². The molecule has 4 rings (SSSR count). The molecule has 3 aromatic rings. The monoisotopic (exact) mass is 275 g/mol. The number of nitrogen functional groups attached to an aromatic ring is 1. The number of rotatable bonds is 0. The van der Waals surface area contributed by atoms with Crippen LogP contribution in [0.2, 0.25) is 0 Å². The third-order valence-electron chi connectivity index (χ3n) is 3.39. The minimum Gasteiger partial charge on any atom is -0.384 e. The maximum atomic E-state index is 5.55. The Hall–Kier alpha value is -2.68. The van der Waals surface area contributed by atoms with Crippen molar-refractivity contribution in [1.82, 2.24) is 9.97 Å². The standard InChI is InChI=1S/C9H10N2.C9H7N/c10-9-6-5-7-3-1-2-4-8(7)11-9;1-2-6-9-8(4-1)5-3-7-10-9/h1,3,5-6H,2,4H2,(H2,10,11);1-7H. The molecule has 0 amide bonds. The number of nitrogens with two attached hydrogens (primary N) is 1. The third kappa shape index (κ3) is 3.26. The zero-order valence-electron chi connectivity index (χ0n) is 11.7. The summed E-state index contributed by atoms with van der Waals surface area (Å²) in [4.78, 5) is 8.42. The number of benzene rings is 1. The van der Waals surface area contributed by atoms with Gasteiger partial charge in [0.25, 0.3) is 0 Å². The minimum atomic E-state index is 0.624. The fraction of sp³-hybridized carbons (Fsp3) is 0.111. The van der Waals surface area contributed by atoms with Gasteiger partial charge in [0.1, 0.15) is 5.82 Å². The van der Waals surface area contributed by atoms with Crippen LogP contribution >= 0.6 is 0 Å². The van der Waals surface area contributed by atoms with E-state index in [-0.39, 0.29) is 0 Å². The van der Waals surface area contributed by atoms with Gasteiger partial charge < -0.3 is 5.73 Å². The third-order valence-corrected chi connectivity index (χ3v) is 3.39. The first-order valence-electron chi connectivity index (χ1n) is 7.04. The lowest BCUT2D eigenvalue weighted by atomic mass is 10.0. The van der Waals surface area contributed by atoms with E-state index in [0.717, 1.165) is 24.1 Å². The second-order valence-corrected chi connectivity index (χ2v) is 4.91. The molecule has 0 bridgehead atoms. The van der Waals surface area contributed by atoms with Crippen LogP contribution in [0.4, 0.5) is 5.82 Å². The molecule has 0 aliphatic heterocycles. The minimum absolute atomic E-state index is 0.624. The Bertz CT molecular complexity index is 713. The Labute approximate surface area is 124 Å². The van der Waals surface area contributed by atoms with Crippen molar-refractivity contribution in [3.05, 3.63) is 72.1 Å². The number of aryl methyl sites for hydroxylation is 1. The van der Waals surface area contributed by atoms with Gasteiger partial charge >= 0.3 is 0 Å². The van der Waals surface area contributed by atoms with Gasteiger partial charge in [-0.05, 0) is 42.7 Å². The highest BCUT2D eigenvalue weighted by Crippen LogP contribution is 2.17. The molecule has 0 unspecified atom stereocenters. The van der Waals surface area contributed by atoms with Gasteiger partial charge in [-0.2, -0.15) is 0 Å². The van der Waals surface area contributed by atoms with E-state index in [2.05, 4.69) is 34.3 Å². The van der Waals surface area contributed by atoms with Crippen LogP contribution < -0.4 is 5.73 Å². The molecule has 0 atom stereocenters. The van der Waals surface area contributed by atoms with Gasteiger partial charge in [-0.25, -0.2) is 4.98 Å². The van der Waals surface area contributed by atoms with Crippen molar-refractivity contribution in [3.8, 4) is 0 Å². The van der Waals surface area contributed by atoms with Crippen LogP contribution in [0.25, 0.3) is 17.0 Å². The molecule has 3 nitrogen and oxygen atoms in total. The van der Waals surface area contributed by atoms with Gasteiger partial charge in [-0.1, -0.05) is 36.4 Å². The number of pyridine rings is 2. The number of hydrogen-bond donors (Lipinski definition) is 1. The number of allylic oxidation sites excluding steroid dienone is 1. The molecule has 0 radical (unpaired) electrons. The lowest BCUT2D eigenvalue weighted by Crippen LogP contribution is -2.00. The molecule has 21 heavy (non-hydrogen) atoms. The molecular formula is C18H17N3. The van der Waals surface area contributed by atoms with Crippen molar-refractivity contribution < 1.29 is 0 Å². The second-order valence-electron chi connectivity index (χ2n) is 4.91. The van der Waals surface area contributed by atoms with E-state index in [1.54, 1.807) is 0 Å². The smallest absolute Gasteiger partial charge is 0.123 e. The number of aromatic nitrogens is 2.